The van der Waals surface area contributed by atoms with Crippen molar-refractivity contribution in [2.75, 3.05) is 41.8 Å². The first kappa shape index (κ1) is 14.5. The molecule has 1 aliphatic rings. The molecule has 2 heterocycles. The van der Waals surface area contributed by atoms with Crippen molar-refractivity contribution in [3.8, 4) is 0 Å². The van der Waals surface area contributed by atoms with Crippen LogP contribution in [-0.2, 0) is 0 Å². The normalized spacial score (nSPS) is 16.2. The zero-order chi connectivity index (χ0) is 13.7. The minimum absolute atomic E-state index is 0.0419. The lowest BCUT2D eigenvalue weighted by Gasteiger charge is -2.19. The third-order valence-corrected chi connectivity index (χ3v) is 5.28. The minimum atomic E-state index is -0.0419. The number of nitrogens with two attached hydrogens (primary N) is 1. The molecule has 1 aliphatic heterocycles. The number of nitrogens with one attached hydrogen (secondary N) is 1. The summed E-state index contributed by atoms with van der Waals surface area (Å²) in [6.45, 7) is 4.84. The smallest absolute Gasteiger partial charge is 0.263 e. The topological polar surface area (TPSA) is 58.4 Å². The van der Waals surface area contributed by atoms with Crippen LogP contribution in [0.4, 0.5) is 10.7 Å². The van der Waals surface area contributed by atoms with E-state index in [1.807, 2.05) is 24.8 Å². The first-order valence-electron chi connectivity index (χ1n) is 6.72. The van der Waals surface area contributed by atoms with Gasteiger partial charge in [-0.1, -0.05) is 6.92 Å². The zero-order valence-electron chi connectivity index (χ0n) is 11.3. The Kier molecular flexibility index (Phi) is 5.39. The van der Waals surface area contributed by atoms with Gasteiger partial charge in [-0.3, -0.25) is 4.79 Å². The molecular formula is C13H21N3OS2. The number of thioether (sulfide) groups is 1. The van der Waals surface area contributed by atoms with Gasteiger partial charge in [-0.15, -0.1) is 11.3 Å². The summed E-state index contributed by atoms with van der Waals surface area (Å²) in [5, 5.41) is 4.01. The van der Waals surface area contributed by atoms with Gasteiger partial charge in [0.05, 0.1) is 10.7 Å². The Morgan fingerprint density at radius 1 is 1.47 bits per heavy atom. The maximum atomic E-state index is 12.0. The highest BCUT2D eigenvalue weighted by Crippen LogP contribution is 2.33. The third-order valence-electron chi connectivity index (χ3n) is 3.02. The number of thiophene rings is 1. The van der Waals surface area contributed by atoms with E-state index in [4.69, 9.17) is 5.73 Å². The number of rotatable bonds is 4. The van der Waals surface area contributed by atoms with Crippen molar-refractivity contribution in [1.82, 2.24) is 5.32 Å². The van der Waals surface area contributed by atoms with E-state index < -0.39 is 0 Å². The molecule has 1 fully saturated rings. The van der Waals surface area contributed by atoms with Gasteiger partial charge < -0.3 is 16.0 Å². The van der Waals surface area contributed by atoms with Gasteiger partial charge in [-0.2, -0.15) is 11.8 Å². The highest BCUT2D eigenvalue weighted by molar-refractivity contribution is 7.99. The van der Waals surface area contributed by atoms with E-state index in [9.17, 15) is 4.79 Å². The van der Waals surface area contributed by atoms with Crippen LogP contribution in [0.25, 0.3) is 0 Å². The number of hydrogen-bond donors (Lipinski definition) is 2. The Morgan fingerprint density at radius 3 is 3.11 bits per heavy atom. The lowest BCUT2D eigenvalue weighted by atomic mass is 10.3. The minimum Gasteiger partial charge on any atom is -0.397 e. The molecule has 0 radical (unpaired) electrons. The summed E-state index contributed by atoms with van der Waals surface area (Å²) in [5.74, 6) is 2.33. The number of carbonyl (C=O) groups is 1. The van der Waals surface area contributed by atoms with E-state index in [0.29, 0.717) is 17.1 Å². The van der Waals surface area contributed by atoms with Crippen LogP contribution >= 0.6 is 23.1 Å². The largest absolute Gasteiger partial charge is 0.397 e. The molecule has 0 aromatic carbocycles. The SMILES string of the molecule is CCCNC(=O)c1sc(N2CCCSCC2)cc1N. The van der Waals surface area contributed by atoms with Crippen LogP contribution in [0.3, 0.4) is 0 Å². The molecule has 0 spiro atoms. The summed E-state index contributed by atoms with van der Waals surface area (Å²) >= 11 is 3.51. The Morgan fingerprint density at radius 2 is 2.32 bits per heavy atom. The fraction of sp³-hybridized carbons (Fsp3) is 0.615. The van der Waals surface area contributed by atoms with Gasteiger partial charge in [0.2, 0.25) is 0 Å². The van der Waals surface area contributed by atoms with Crippen molar-refractivity contribution in [1.29, 1.82) is 0 Å². The van der Waals surface area contributed by atoms with Crippen molar-refractivity contribution >= 4 is 39.7 Å². The lowest BCUT2D eigenvalue weighted by Crippen LogP contribution is -2.24. The maximum Gasteiger partial charge on any atom is 0.263 e. The lowest BCUT2D eigenvalue weighted by molar-refractivity contribution is 0.0958. The first-order chi connectivity index (χ1) is 9.22. The highest BCUT2D eigenvalue weighted by Gasteiger charge is 2.18. The van der Waals surface area contributed by atoms with Crippen LogP contribution in [0, 0.1) is 0 Å². The van der Waals surface area contributed by atoms with Gasteiger partial charge in [0.15, 0.2) is 0 Å². The molecule has 1 aromatic heterocycles. The molecule has 19 heavy (non-hydrogen) atoms. The number of hydrogen-bond acceptors (Lipinski definition) is 5. The Hall–Kier alpha value is -0.880. The second-order valence-corrected chi connectivity index (χ2v) is 6.83. The van der Waals surface area contributed by atoms with Crippen molar-refractivity contribution in [3.63, 3.8) is 0 Å². The van der Waals surface area contributed by atoms with E-state index in [2.05, 4.69) is 10.2 Å². The van der Waals surface area contributed by atoms with Crippen LogP contribution in [0.2, 0.25) is 0 Å². The Balaban J connectivity index is 2.08. The highest BCUT2D eigenvalue weighted by atomic mass is 32.2. The molecule has 0 bridgehead atoms. The van der Waals surface area contributed by atoms with E-state index in [0.717, 1.165) is 30.3 Å². The van der Waals surface area contributed by atoms with E-state index in [1.54, 1.807) is 0 Å². The molecule has 1 aromatic rings. The van der Waals surface area contributed by atoms with Gasteiger partial charge in [0.25, 0.3) is 5.91 Å². The second-order valence-electron chi connectivity index (χ2n) is 4.58. The second kappa shape index (κ2) is 7.05. The van der Waals surface area contributed by atoms with Crippen molar-refractivity contribution < 1.29 is 4.79 Å². The molecule has 0 saturated carbocycles. The number of amides is 1. The van der Waals surface area contributed by atoms with Crippen LogP contribution in [-0.4, -0.2) is 37.0 Å². The third kappa shape index (κ3) is 3.79. The molecular weight excluding hydrogens is 278 g/mol. The summed E-state index contributed by atoms with van der Waals surface area (Å²) in [4.78, 5) is 15.0. The monoisotopic (exact) mass is 299 g/mol. The van der Waals surface area contributed by atoms with E-state index in [-0.39, 0.29) is 5.91 Å². The van der Waals surface area contributed by atoms with E-state index >= 15 is 0 Å². The zero-order valence-corrected chi connectivity index (χ0v) is 12.9. The quantitative estimate of drug-likeness (QED) is 0.896. The molecule has 4 nitrogen and oxygen atoms in total. The Bertz CT molecular complexity index is 426. The number of nitrogen functional groups attached to an aromatic ring is 1. The molecule has 1 saturated heterocycles. The molecule has 3 N–H and O–H groups in total. The van der Waals surface area contributed by atoms with Crippen LogP contribution in [0.5, 0.6) is 0 Å². The van der Waals surface area contributed by atoms with Gasteiger partial charge in [-0.05, 0) is 24.7 Å². The molecule has 2 rings (SSSR count). The summed E-state index contributed by atoms with van der Waals surface area (Å²) in [5.41, 5.74) is 6.58. The van der Waals surface area contributed by atoms with Crippen molar-refractivity contribution in [2.24, 2.45) is 0 Å². The van der Waals surface area contributed by atoms with Crippen LogP contribution < -0.4 is 16.0 Å². The van der Waals surface area contributed by atoms with Gasteiger partial charge in [0.1, 0.15) is 4.88 Å². The molecule has 106 valence electrons. The molecule has 6 heteroatoms. The summed E-state index contributed by atoms with van der Waals surface area (Å²) in [6.07, 6.45) is 2.13. The summed E-state index contributed by atoms with van der Waals surface area (Å²) < 4.78 is 0. The van der Waals surface area contributed by atoms with Crippen LogP contribution in [0.15, 0.2) is 6.07 Å². The standard InChI is InChI=1S/C13H21N3OS2/c1-2-4-15-13(17)12-10(14)9-11(19-12)16-5-3-7-18-8-6-16/h9H,2-8,14H2,1H3,(H,15,17). The Labute approximate surface area is 122 Å². The molecule has 0 atom stereocenters. The number of carbonyl (C=O) groups excluding carboxylic acids is 1. The number of nitrogens with zero attached hydrogens (tertiary/aromatic N) is 1. The predicted molar refractivity (Wildman–Crippen MR) is 85.5 cm³/mol. The predicted octanol–water partition coefficient (Wildman–Crippen LogP) is 2.41. The molecule has 0 aliphatic carbocycles. The maximum absolute atomic E-state index is 12.0. The van der Waals surface area contributed by atoms with Crippen LogP contribution in [0.1, 0.15) is 29.4 Å². The first-order valence-corrected chi connectivity index (χ1v) is 8.69. The fourth-order valence-electron chi connectivity index (χ4n) is 2.01. The summed E-state index contributed by atoms with van der Waals surface area (Å²) in [6, 6.07) is 1.95. The van der Waals surface area contributed by atoms with Gasteiger partial charge >= 0.3 is 0 Å². The van der Waals surface area contributed by atoms with Crippen molar-refractivity contribution in [2.45, 2.75) is 19.8 Å². The fourth-order valence-corrected chi connectivity index (χ4v) is 3.95. The molecule has 0 unspecified atom stereocenters. The van der Waals surface area contributed by atoms with E-state index in [1.165, 1.54) is 23.5 Å². The summed E-state index contributed by atoms with van der Waals surface area (Å²) in [7, 11) is 0. The average molecular weight is 299 g/mol. The average Bonchev–Trinajstić information content (AvgIpc) is 2.65. The molecule has 1 amide bonds. The van der Waals surface area contributed by atoms with Crippen molar-refractivity contribution in [3.05, 3.63) is 10.9 Å². The van der Waals surface area contributed by atoms with Gasteiger partial charge in [-0.25, -0.2) is 0 Å². The number of anilines is 2. The van der Waals surface area contributed by atoms with Gasteiger partial charge in [0, 0.05) is 25.4 Å².